The molecule has 0 aliphatic carbocycles. The molecule has 0 spiro atoms. The van der Waals surface area contributed by atoms with E-state index in [4.69, 9.17) is 14.3 Å². The molecular weight excluding hydrogens is 560 g/mol. The lowest BCUT2D eigenvalue weighted by Gasteiger charge is -2.22. The average Bonchev–Trinajstić information content (AvgIpc) is 3.29. The smallest absolute Gasteiger partial charge is 0.272 e. The lowest BCUT2D eigenvalue weighted by atomic mass is 9.92. The van der Waals surface area contributed by atoms with Crippen LogP contribution in [0, 0.1) is 0 Å². The molecule has 3 heterocycles. The van der Waals surface area contributed by atoms with Gasteiger partial charge in [0, 0.05) is 42.6 Å². The Morgan fingerprint density at radius 1 is 0.953 bits per heavy atom. The van der Waals surface area contributed by atoms with E-state index < -0.39 is 0 Å². The van der Waals surface area contributed by atoms with Gasteiger partial charge in [-0.05, 0) is 42.0 Å². The second-order valence-electron chi connectivity index (χ2n) is 11.9. The Morgan fingerprint density at radius 3 is 2.42 bits per heavy atom. The number of aromatic nitrogens is 2. The van der Waals surface area contributed by atoms with Gasteiger partial charge in [-0.3, -0.25) is 19.2 Å². The van der Waals surface area contributed by atoms with Crippen LogP contribution in [0.25, 0.3) is 0 Å². The summed E-state index contributed by atoms with van der Waals surface area (Å²) in [6.07, 6.45) is 4.26. The Balaban J connectivity index is 1.21. The van der Waals surface area contributed by atoms with Crippen LogP contribution in [0.2, 0.25) is 0 Å². The van der Waals surface area contributed by atoms with E-state index in [2.05, 4.69) is 37.8 Å². The minimum Gasteiger partial charge on any atom is -0.482 e. The second-order valence-corrected chi connectivity index (χ2v) is 12.8. The third-order valence-electron chi connectivity index (χ3n) is 7.60. The van der Waals surface area contributed by atoms with E-state index in [0.717, 1.165) is 29.8 Å². The number of thioether (sulfide) groups is 1. The first-order chi connectivity index (χ1) is 20.7. The van der Waals surface area contributed by atoms with Gasteiger partial charge in [0.1, 0.15) is 24.3 Å². The van der Waals surface area contributed by atoms with Crippen molar-refractivity contribution in [3.63, 3.8) is 0 Å². The molecule has 1 fully saturated rings. The number of ether oxygens (including phenoxy) is 1. The highest BCUT2D eigenvalue weighted by Gasteiger charge is 2.27. The molecule has 1 saturated heterocycles. The summed E-state index contributed by atoms with van der Waals surface area (Å²) < 4.78 is 13.4. The first kappa shape index (κ1) is 30.6. The summed E-state index contributed by atoms with van der Waals surface area (Å²) in [4.78, 5) is 31.9. The number of hydrogen-bond acceptors (Lipinski definition) is 7. The van der Waals surface area contributed by atoms with Crippen molar-refractivity contribution in [2.75, 3.05) is 32.4 Å². The van der Waals surface area contributed by atoms with Crippen LogP contribution in [-0.2, 0) is 25.1 Å². The normalized spacial score (nSPS) is 14.5. The van der Waals surface area contributed by atoms with Crippen molar-refractivity contribution in [2.24, 2.45) is 0 Å². The van der Waals surface area contributed by atoms with Gasteiger partial charge in [0.15, 0.2) is 0 Å². The molecular formula is C34H40N4O4S. The molecule has 4 aromatic rings. The summed E-state index contributed by atoms with van der Waals surface area (Å²) in [5.74, 6) is 0.779. The Hall–Kier alpha value is -3.82. The van der Waals surface area contributed by atoms with Gasteiger partial charge in [0.05, 0.1) is 18.8 Å². The molecule has 0 bridgehead atoms. The number of carbonyl (C=O) groups excluding carboxylic acids is 1. The lowest BCUT2D eigenvalue weighted by Crippen LogP contribution is -2.36. The molecule has 2 aromatic heterocycles. The third kappa shape index (κ3) is 7.97. The van der Waals surface area contributed by atoms with Crippen molar-refractivity contribution >= 4 is 17.7 Å². The molecule has 43 heavy (non-hydrogen) atoms. The predicted molar refractivity (Wildman–Crippen MR) is 170 cm³/mol. The third-order valence-corrected chi connectivity index (χ3v) is 8.35. The number of hydrogen-bond donors (Lipinski definition) is 0. The molecule has 226 valence electrons. The molecule has 5 rings (SSSR count). The Bertz CT molecular complexity index is 1570. The van der Waals surface area contributed by atoms with E-state index in [-0.39, 0.29) is 22.5 Å². The van der Waals surface area contributed by atoms with Gasteiger partial charge in [-0.1, -0.05) is 63.2 Å². The summed E-state index contributed by atoms with van der Waals surface area (Å²) >= 11 is 1.68. The van der Waals surface area contributed by atoms with Gasteiger partial charge in [-0.25, -0.2) is 0 Å². The van der Waals surface area contributed by atoms with Crippen LogP contribution in [0.5, 0.6) is 5.75 Å². The van der Waals surface area contributed by atoms with Crippen LogP contribution < -0.4 is 10.2 Å². The van der Waals surface area contributed by atoms with Crippen LogP contribution >= 0.6 is 11.8 Å². The van der Waals surface area contributed by atoms with Crippen molar-refractivity contribution in [3.05, 3.63) is 111 Å². The van der Waals surface area contributed by atoms with Crippen molar-refractivity contribution in [2.45, 2.75) is 57.2 Å². The van der Waals surface area contributed by atoms with E-state index in [1.165, 1.54) is 17.2 Å². The van der Waals surface area contributed by atoms with Gasteiger partial charge in [-0.15, -0.1) is 11.8 Å². The molecule has 0 radical (unpaired) electrons. The molecule has 0 N–H and O–H groups in total. The van der Waals surface area contributed by atoms with Crippen molar-refractivity contribution in [1.29, 1.82) is 0 Å². The predicted octanol–water partition coefficient (Wildman–Crippen LogP) is 5.83. The van der Waals surface area contributed by atoms with E-state index >= 15 is 0 Å². The first-order valence-electron chi connectivity index (χ1n) is 14.7. The van der Waals surface area contributed by atoms with E-state index in [0.29, 0.717) is 50.8 Å². The van der Waals surface area contributed by atoms with E-state index in [1.807, 2.05) is 64.4 Å². The fourth-order valence-corrected chi connectivity index (χ4v) is 5.46. The van der Waals surface area contributed by atoms with Crippen LogP contribution in [0.4, 0.5) is 0 Å². The quantitative estimate of drug-likeness (QED) is 0.224. The molecule has 0 saturated carbocycles. The van der Waals surface area contributed by atoms with Crippen molar-refractivity contribution in [3.8, 4) is 5.75 Å². The number of amides is 1. The molecule has 0 unspecified atom stereocenters. The Kier molecular flexibility index (Phi) is 9.72. The van der Waals surface area contributed by atoms with Crippen molar-refractivity contribution < 1.29 is 13.9 Å². The minimum atomic E-state index is -0.199. The van der Waals surface area contributed by atoms with Crippen LogP contribution in [0.15, 0.2) is 87.1 Å². The average molecular weight is 601 g/mol. The number of carbonyl (C=O) groups is 1. The summed E-state index contributed by atoms with van der Waals surface area (Å²) in [6, 6.07) is 21.6. The van der Waals surface area contributed by atoms with Gasteiger partial charge >= 0.3 is 0 Å². The second kappa shape index (κ2) is 13.7. The van der Waals surface area contributed by atoms with Gasteiger partial charge in [-0.2, -0.15) is 5.10 Å². The topological polar surface area (TPSA) is 80.8 Å². The molecule has 1 aliphatic rings. The maximum absolute atomic E-state index is 13.8. The summed E-state index contributed by atoms with van der Waals surface area (Å²) in [5.41, 5.74) is 3.24. The minimum absolute atomic E-state index is 0.00287. The Morgan fingerprint density at radius 2 is 1.72 bits per heavy atom. The van der Waals surface area contributed by atoms with Crippen molar-refractivity contribution in [1.82, 2.24) is 19.6 Å². The zero-order valence-electron chi connectivity index (χ0n) is 25.4. The standard InChI is InChI=1S/C34H40N4O4S/c1-34(2,3)32-20-29(38(35-32)21-25-9-6-5-7-10-25)33(40)37-16-8-15-36(17-18-37)22-27-19-30(39)31(24-41-27)42-23-26-11-13-28(43-4)14-12-26/h5-7,9-14,19-20,24H,8,15-18,21-23H2,1-4H3. The Labute approximate surface area is 257 Å². The highest BCUT2D eigenvalue weighted by atomic mass is 32.2. The number of benzene rings is 2. The molecule has 9 heteroatoms. The summed E-state index contributed by atoms with van der Waals surface area (Å²) in [6.45, 7) is 10.4. The highest BCUT2D eigenvalue weighted by molar-refractivity contribution is 7.98. The number of rotatable bonds is 9. The van der Waals surface area contributed by atoms with Gasteiger partial charge in [0.2, 0.25) is 11.2 Å². The molecule has 0 atom stereocenters. The SMILES string of the molecule is CSc1ccc(COc2coc(CN3CCCN(C(=O)c4cc(C(C)(C)C)nn4Cc4ccccc4)CC3)cc2=O)cc1. The maximum Gasteiger partial charge on any atom is 0.272 e. The van der Waals surface area contributed by atoms with E-state index in [1.54, 1.807) is 11.8 Å². The molecule has 1 amide bonds. The largest absolute Gasteiger partial charge is 0.482 e. The molecule has 1 aliphatic heterocycles. The molecule has 2 aromatic carbocycles. The van der Waals surface area contributed by atoms with Crippen LogP contribution in [0.1, 0.15) is 60.3 Å². The fraction of sp³-hybridized carbons (Fsp3) is 0.382. The lowest BCUT2D eigenvalue weighted by molar-refractivity contribution is 0.0748. The maximum atomic E-state index is 13.8. The van der Waals surface area contributed by atoms with Crippen LogP contribution in [-0.4, -0.2) is 57.9 Å². The number of nitrogens with zero attached hydrogens (tertiary/aromatic N) is 4. The fourth-order valence-electron chi connectivity index (χ4n) is 5.06. The van der Waals surface area contributed by atoms with Gasteiger partial charge in [0.25, 0.3) is 5.91 Å². The zero-order chi connectivity index (χ0) is 30.4. The van der Waals surface area contributed by atoms with E-state index in [9.17, 15) is 9.59 Å². The highest BCUT2D eigenvalue weighted by Crippen LogP contribution is 2.24. The summed E-state index contributed by atoms with van der Waals surface area (Å²) in [7, 11) is 0. The summed E-state index contributed by atoms with van der Waals surface area (Å²) in [5, 5.41) is 4.85. The van der Waals surface area contributed by atoms with Gasteiger partial charge < -0.3 is 14.1 Å². The zero-order valence-corrected chi connectivity index (χ0v) is 26.2. The van der Waals surface area contributed by atoms with Crippen LogP contribution in [0.3, 0.4) is 0 Å². The molecule has 8 nitrogen and oxygen atoms in total. The monoisotopic (exact) mass is 600 g/mol. The first-order valence-corrected chi connectivity index (χ1v) is 15.9.